The monoisotopic (exact) mass is 456 g/mol. The van der Waals surface area contributed by atoms with Gasteiger partial charge in [0.05, 0.1) is 6.61 Å². The topological polar surface area (TPSA) is 67.4 Å². The summed E-state index contributed by atoms with van der Waals surface area (Å²) >= 11 is 0. The number of aromatic nitrogens is 2. The summed E-state index contributed by atoms with van der Waals surface area (Å²) in [5.74, 6) is -0.903. The van der Waals surface area contributed by atoms with E-state index in [4.69, 9.17) is 4.74 Å². The lowest BCUT2D eigenvalue weighted by Gasteiger charge is -2.33. The van der Waals surface area contributed by atoms with Crippen molar-refractivity contribution >= 4 is 17.9 Å². The first kappa shape index (κ1) is 23.1. The molecule has 33 heavy (non-hydrogen) atoms. The summed E-state index contributed by atoms with van der Waals surface area (Å²) in [7, 11) is 0. The minimum atomic E-state index is -2.51. The number of carbonyl (C=O) groups is 1. The lowest BCUT2D eigenvalue weighted by Crippen LogP contribution is -2.42. The van der Waals surface area contributed by atoms with Crippen LogP contribution in [0.5, 0.6) is 5.75 Å². The average Bonchev–Trinajstić information content (AvgIpc) is 2.80. The Labute approximate surface area is 193 Å². The third-order valence-electron chi connectivity index (χ3n) is 6.42. The molecule has 2 heterocycles. The summed E-state index contributed by atoms with van der Waals surface area (Å²) in [6, 6.07) is 11.1. The molecule has 2 amide bonds. The second kappa shape index (κ2) is 10.3. The predicted octanol–water partition coefficient (Wildman–Crippen LogP) is 5.64. The number of likely N-dealkylation sites (tertiary alicyclic amines) is 1. The third-order valence-corrected chi connectivity index (χ3v) is 6.42. The first-order valence-electron chi connectivity index (χ1n) is 11.5. The van der Waals surface area contributed by atoms with E-state index < -0.39 is 5.92 Å². The molecular formula is C25H30F2N4O2. The average molecular weight is 457 g/mol. The molecule has 1 saturated heterocycles. The second-order valence-electron chi connectivity index (χ2n) is 9.04. The van der Waals surface area contributed by atoms with Crippen LogP contribution in [0.4, 0.5) is 19.4 Å². The van der Waals surface area contributed by atoms with Crippen molar-refractivity contribution < 1.29 is 18.3 Å². The van der Waals surface area contributed by atoms with Gasteiger partial charge in [0.25, 0.3) is 0 Å². The molecule has 0 radical (unpaired) electrons. The van der Waals surface area contributed by atoms with Crippen LogP contribution in [0.3, 0.4) is 0 Å². The number of hydrogen-bond acceptors (Lipinski definition) is 4. The van der Waals surface area contributed by atoms with Crippen LogP contribution in [0, 0.1) is 11.8 Å². The van der Waals surface area contributed by atoms with Gasteiger partial charge >= 0.3 is 6.03 Å². The van der Waals surface area contributed by atoms with Crippen molar-refractivity contribution in [2.75, 3.05) is 25.0 Å². The molecule has 6 nitrogen and oxygen atoms in total. The molecule has 2 aliphatic rings. The normalized spacial score (nSPS) is 22.2. The standard InChI is InChI=1S/C25H30F2N4O2/c1-18-16-31(24(32)29-23-6-3-12-28-30-23)13-9-21(18)14-20-4-2-5-22(15-20)33-17-19-7-10-25(26,27)11-8-19/h2-6,12,14-15,18-19H,7-11,13,16-17H2,1H3,(H,29,30,32). The Morgan fingerprint density at radius 2 is 2.09 bits per heavy atom. The van der Waals surface area contributed by atoms with Gasteiger partial charge in [-0.25, -0.2) is 13.6 Å². The molecule has 1 aliphatic heterocycles. The Balaban J connectivity index is 1.30. The number of benzene rings is 1. The summed E-state index contributed by atoms with van der Waals surface area (Å²) in [5, 5.41) is 10.5. The predicted molar refractivity (Wildman–Crippen MR) is 123 cm³/mol. The number of alkyl halides is 2. The van der Waals surface area contributed by atoms with Crippen molar-refractivity contribution in [2.24, 2.45) is 11.8 Å². The minimum absolute atomic E-state index is 0.0428. The van der Waals surface area contributed by atoms with E-state index in [2.05, 4.69) is 28.5 Å². The Hall–Kier alpha value is -3.03. The van der Waals surface area contributed by atoms with Crippen LogP contribution in [0.2, 0.25) is 0 Å². The lowest BCUT2D eigenvalue weighted by atomic mass is 9.87. The van der Waals surface area contributed by atoms with Crippen molar-refractivity contribution in [1.82, 2.24) is 15.1 Å². The van der Waals surface area contributed by atoms with Crippen molar-refractivity contribution in [3.8, 4) is 5.75 Å². The number of nitrogens with one attached hydrogen (secondary N) is 1. The molecule has 1 atom stereocenters. The maximum Gasteiger partial charge on any atom is 0.323 e. The van der Waals surface area contributed by atoms with Gasteiger partial charge in [-0.3, -0.25) is 5.32 Å². The van der Waals surface area contributed by atoms with Gasteiger partial charge in [-0.15, -0.1) is 5.10 Å². The Kier molecular flexibility index (Phi) is 7.20. The molecule has 1 N–H and O–H groups in total. The first-order valence-corrected chi connectivity index (χ1v) is 11.5. The molecule has 8 heteroatoms. The minimum Gasteiger partial charge on any atom is -0.493 e. The van der Waals surface area contributed by atoms with E-state index in [-0.39, 0.29) is 30.7 Å². The van der Waals surface area contributed by atoms with Gasteiger partial charge < -0.3 is 9.64 Å². The number of amides is 2. The molecule has 1 aliphatic carbocycles. The molecule has 1 aromatic heterocycles. The summed E-state index contributed by atoms with van der Waals surface area (Å²) in [6.07, 6.45) is 5.45. The Morgan fingerprint density at radius 3 is 2.82 bits per heavy atom. The molecule has 1 saturated carbocycles. The van der Waals surface area contributed by atoms with E-state index in [0.717, 1.165) is 17.7 Å². The quantitative estimate of drug-likeness (QED) is 0.632. The van der Waals surface area contributed by atoms with Crippen LogP contribution < -0.4 is 10.1 Å². The zero-order chi connectivity index (χ0) is 23.3. The van der Waals surface area contributed by atoms with Crippen molar-refractivity contribution in [1.29, 1.82) is 0 Å². The zero-order valence-electron chi connectivity index (χ0n) is 18.8. The van der Waals surface area contributed by atoms with Gasteiger partial charge in [-0.1, -0.05) is 30.7 Å². The highest BCUT2D eigenvalue weighted by atomic mass is 19.3. The summed E-state index contributed by atoms with van der Waals surface area (Å²) in [6.45, 7) is 3.85. The van der Waals surface area contributed by atoms with E-state index in [9.17, 15) is 13.6 Å². The number of piperidine rings is 1. The lowest BCUT2D eigenvalue weighted by molar-refractivity contribution is -0.0498. The van der Waals surface area contributed by atoms with Crippen molar-refractivity contribution in [3.05, 3.63) is 53.7 Å². The van der Waals surface area contributed by atoms with E-state index in [1.54, 1.807) is 23.2 Å². The van der Waals surface area contributed by atoms with E-state index in [1.165, 1.54) is 5.57 Å². The van der Waals surface area contributed by atoms with Gasteiger partial charge in [0.15, 0.2) is 5.82 Å². The number of ether oxygens (including phenoxy) is 1. The van der Waals surface area contributed by atoms with Crippen LogP contribution in [-0.2, 0) is 0 Å². The number of carbonyl (C=O) groups excluding carboxylic acids is 1. The fraction of sp³-hybridized carbons (Fsp3) is 0.480. The fourth-order valence-electron chi connectivity index (χ4n) is 4.39. The van der Waals surface area contributed by atoms with Gasteiger partial charge in [-0.2, -0.15) is 5.10 Å². The van der Waals surface area contributed by atoms with Crippen LogP contribution in [0.25, 0.3) is 6.08 Å². The van der Waals surface area contributed by atoms with Crippen LogP contribution in [-0.4, -0.2) is 46.7 Å². The molecule has 0 bridgehead atoms. The number of urea groups is 1. The highest BCUT2D eigenvalue weighted by molar-refractivity contribution is 5.88. The maximum absolute atomic E-state index is 13.3. The smallest absolute Gasteiger partial charge is 0.323 e. The van der Waals surface area contributed by atoms with Crippen molar-refractivity contribution in [3.63, 3.8) is 0 Å². The summed E-state index contributed by atoms with van der Waals surface area (Å²) < 4.78 is 32.6. The molecule has 176 valence electrons. The molecule has 4 rings (SSSR count). The van der Waals surface area contributed by atoms with E-state index in [1.807, 2.05) is 24.3 Å². The number of rotatable bonds is 5. The van der Waals surface area contributed by atoms with Gasteiger partial charge in [0, 0.05) is 32.1 Å². The highest BCUT2D eigenvalue weighted by Gasteiger charge is 2.35. The van der Waals surface area contributed by atoms with Crippen LogP contribution in [0.1, 0.15) is 44.6 Å². The van der Waals surface area contributed by atoms with Gasteiger partial charge in [0.2, 0.25) is 5.92 Å². The maximum atomic E-state index is 13.3. The number of hydrogen-bond donors (Lipinski definition) is 1. The number of nitrogens with zero attached hydrogens (tertiary/aromatic N) is 3. The van der Waals surface area contributed by atoms with Gasteiger partial charge in [-0.05, 0) is 60.9 Å². The number of halogens is 2. The molecule has 1 aromatic carbocycles. The SMILES string of the molecule is CC1CN(C(=O)Nc2cccnn2)CCC1=Cc1cccc(OCC2CCC(F)(F)CC2)c1. The Bertz CT molecular complexity index is 973. The van der Waals surface area contributed by atoms with Crippen molar-refractivity contribution in [2.45, 2.75) is 45.0 Å². The molecule has 2 aromatic rings. The second-order valence-corrected chi connectivity index (χ2v) is 9.04. The van der Waals surface area contributed by atoms with E-state index in [0.29, 0.717) is 38.4 Å². The van der Waals surface area contributed by atoms with E-state index >= 15 is 0 Å². The van der Waals surface area contributed by atoms with Crippen LogP contribution in [0.15, 0.2) is 48.2 Å². The molecule has 0 spiro atoms. The first-order chi connectivity index (χ1) is 15.9. The largest absolute Gasteiger partial charge is 0.493 e. The molecule has 1 unspecified atom stereocenters. The van der Waals surface area contributed by atoms with Gasteiger partial charge in [0.1, 0.15) is 5.75 Å². The fourth-order valence-corrected chi connectivity index (χ4v) is 4.39. The number of anilines is 1. The summed E-state index contributed by atoms with van der Waals surface area (Å²) in [5.41, 5.74) is 2.33. The highest BCUT2D eigenvalue weighted by Crippen LogP contribution is 2.36. The van der Waals surface area contributed by atoms with Crippen LogP contribution >= 0.6 is 0 Å². The Morgan fingerprint density at radius 1 is 1.27 bits per heavy atom. The summed E-state index contributed by atoms with van der Waals surface area (Å²) in [4.78, 5) is 14.3. The third kappa shape index (κ3) is 6.49. The zero-order valence-corrected chi connectivity index (χ0v) is 18.8. The molecule has 2 fully saturated rings. The molecular weight excluding hydrogens is 426 g/mol.